The van der Waals surface area contributed by atoms with Crippen LogP contribution in [-0.2, 0) is 20.0 Å². The maximum absolute atomic E-state index is 13.1. The summed E-state index contributed by atoms with van der Waals surface area (Å²) >= 11 is 0. The van der Waals surface area contributed by atoms with E-state index in [0.29, 0.717) is 12.5 Å². The zero-order valence-corrected chi connectivity index (χ0v) is 12.4. The highest BCUT2D eigenvalue weighted by Crippen LogP contribution is 2.21. The monoisotopic (exact) mass is 287 g/mol. The molecule has 0 fully saturated rings. The highest BCUT2D eigenvalue weighted by Gasteiger charge is 2.15. The first-order valence-corrected chi connectivity index (χ1v) is 6.87. The van der Waals surface area contributed by atoms with Crippen LogP contribution in [0.1, 0.15) is 16.8 Å². The Morgan fingerprint density at radius 3 is 2.76 bits per heavy atom. The summed E-state index contributed by atoms with van der Waals surface area (Å²) in [6.45, 7) is 4.52. The van der Waals surface area contributed by atoms with Gasteiger partial charge in [0, 0.05) is 13.6 Å². The van der Waals surface area contributed by atoms with Crippen LogP contribution in [0.15, 0.2) is 18.2 Å². The number of nitrogen functional groups attached to an aromatic ring is 1. The number of rotatable bonds is 3. The van der Waals surface area contributed by atoms with Gasteiger partial charge in [-0.05, 0) is 43.5 Å². The average Bonchev–Trinajstić information content (AvgIpc) is 2.87. The van der Waals surface area contributed by atoms with Crippen LogP contribution >= 0.6 is 0 Å². The Morgan fingerprint density at radius 2 is 2.05 bits per heavy atom. The number of nitrogens with zero attached hydrogens (tertiary/aromatic N) is 4. The van der Waals surface area contributed by atoms with Gasteiger partial charge in [0.15, 0.2) is 5.65 Å². The Morgan fingerprint density at radius 1 is 1.29 bits per heavy atom. The van der Waals surface area contributed by atoms with Gasteiger partial charge < -0.3 is 5.73 Å². The molecule has 1 aromatic carbocycles. The predicted octanol–water partition coefficient (Wildman–Crippen LogP) is 2.35. The summed E-state index contributed by atoms with van der Waals surface area (Å²) in [5, 5.41) is 4.36. The van der Waals surface area contributed by atoms with Crippen molar-refractivity contribution in [1.82, 2.24) is 19.3 Å². The number of fused-ring (bicyclic) bond motifs is 1. The number of hydrogen-bond acceptors (Lipinski definition) is 3. The highest BCUT2D eigenvalue weighted by atomic mass is 19.1. The first-order chi connectivity index (χ1) is 9.97. The Labute approximate surface area is 122 Å². The van der Waals surface area contributed by atoms with Crippen molar-refractivity contribution >= 4 is 17.1 Å². The van der Waals surface area contributed by atoms with Crippen molar-refractivity contribution in [2.45, 2.75) is 26.8 Å². The molecule has 2 N–H and O–H groups in total. The number of hydrogen-bond donors (Lipinski definition) is 1. The van der Waals surface area contributed by atoms with E-state index in [2.05, 4.69) is 10.1 Å². The molecule has 0 saturated carbocycles. The number of halogens is 1. The number of aromatic nitrogens is 4. The zero-order valence-electron chi connectivity index (χ0n) is 12.4. The van der Waals surface area contributed by atoms with Gasteiger partial charge in [-0.2, -0.15) is 5.10 Å². The van der Waals surface area contributed by atoms with Gasteiger partial charge in [0.05, 0.1) is 5.69 Å². The maximum atomic E-state index is 13.1. The van der Waals surface area contributed by atoms with Crippen molar-refractivity contribution in [2.75, 3.05) is 5.73 Å². The summed E-state index contributed by atoms with van der Waals surface area (Å²) in [7, 11) is 1.89. The summed E-state index contributed by atoms with van der Waals surface area (Å²) in [4.78, 5) is 4.38. The van der Waals surface area contributed by atoms with Gasteiger partial charge in [0.1, 0.15) is 11.3 Å². The van der Waals surface area contributed by atoms with E-state index in [1.807, 2.05) is 31.5 Å². The minimum Gasteiger partial charge on any atom is -0.369 e. The Kier molecular flexibility index (Phi) is 3.16. The highest BCUT2D eigenvalue weighted by molar-refractivity contribution is 5.77. The molecule has 0 spiro atoms. The molecule has 3 rings (SSSR count). The second-order valence-corrected chi connectivity index (χ2v) is 5.32. The third kappa shape index (κ3) is 2.26. The van der Waals surface area contributed by atoms with Crippen LogP contribution in [0.5, 0.6) is 0 Å². The second-order valence-electron chi connectivity index (χ2n) is 5.32. The molecule has 6 heteroatoms. The van der Waals surface area contributed by atoms with E-state index in [1.54, 1.807) is 10.7 Å². The molecule has 0 amide bonds. The van der Waals surface area contributed by atoms with Crippen LogP contribution in [0.2, 0.25) is 0 Å². The molecule has 0 unspecified atom stereocenters. The summed E-state index contributed by atoms with van der Waals surface area (Å²) in [5.74, 6) is 0.281. The van der Waals surface area contributed by atoms with Gasteiger partial charge in [-0.25, -0.2) is 9.37 Å². The van der Waals surface area contributed by atoms with E-state index < -0.39 is 0 Å². The van der Waals surface area contributed by atoms with Crippen molar-refractivity contribution in [3.63, 3.8) is 0 Å². The van der Waals surface area contributed by atoms with Gasteiger partial charge in [0.25, 0.3) is 0 Å². The first-order valence-electron chi connectivity index (χ1n) is 6.87. The van der Waals surface area contributed by atoms with E-state index in [-0.39, 0.29) is 5.82 Å². The lowest BCUT2D eigenvalue weighted by molar-refractivity contribution is 0.623. The predicted molar refractivity (Wildman–Crippen MR) is 80.5 cm³/mol. The summed E-state index contributed by atoms with van der Waals surface area (Å²) < 4.78 is 16.9. The fraction of sp³-hybridized carbons (Fsp3) is 0.333. The lowest BCUT2D eigenvalue weighted by Gasteiger charge is -2.09. The van der Waals surface area contributed by atoms with Crippen molar-refractivity contribution in [2.24, 2.45) is 7.05 Å². The molecule has 2 aromatic heterocycles. The van der Waals surface area contributed by atoms with Crippen LogP contribution in [0.4, 0.5) is 10.3 Å². The Hall–Kier alpha value is -2.37. The van der Waals surface area contributed by atoms with E-state index >= 15 is 0 Å². The maximum Gasteiger partial charge on any atom is 0.202 e. The topological polar surface area (TPSA) is 61.7 Å². The van der Waals surface area contributed by atoms with Crippen molar-refractivity contribution in [1.29, 1.82) is 0 Å². The van der Waals surface area contributed by atoms with Crippen LogP contribution in [0.3, 0.4) is 0 Å². The number of aryl methyl sites for hydroxylation is 5. The minimum atomic E-state index is -0.206. The standard InChI is InChI=1S/C15H18FN5/c1-9-8-12(16)5-4-11(9)6-7-21-14-13(18-15(21)17)10(2)19-20(14)3/h4-5,8H,6-7H2,1-3H3,(H2,17,18). The zero-order chi connectivity index (χ0) is 15.1. The van der Waals surface area contributed by atoms with Gasteiger partial charge in [-0.3, -0.25) is 9.25 Å². The number of nitrogens with two attached hydrogens (primary N) is 1. The Balaban J connectivity index is 1.93. The van der Waals surface area contributed by atoms with E-state index in [1.165, 1.54) is 6.07 Å². The van der Waals surface area contributed by atoms with E-state index in [0.717, 1.165) is 34.4 Å². The van der Waals surface area contributed by atoms with Gasteiger partial charge in [-0.1, -0.05) is 6.07 Å². The van der Waals surface area contributed by atoms with Crippen LogP contribution < -0.4 is 5.73 Å². The summed E-state index contributed by atoms with van der Waals surface area (Å²) in [5.41, 5.74) is 10.7. The molecule has 21 heavy (non-hydrogen) atoms. The minimum absolute atomic E-state index is 0.206. The molecular weight excluding hydrogens is 269 g/mol. The van der Waals surface area contributed by atoms with Gasteiger partial charge in [0.2, 0.25) is 5.95 Å². The molecule has 110 valence electrons. The molecule has 0 aliphatic rings. The third-order valence-corrected chi connectivity index (χ3v) is 3.83. The molecular formula is C15H18FN5. The molecule has 3 aromatic rings. The first kappa shape index (κ1) is 13.6. The second kappa shape index (κ2) is 4.87. The average molecular weight is 287 g/mol. The molecule has 2 heterocycles. The Bertz CT molecular complexity index is 815. The molecule has 0 bridgehead atoms. The largest absolute Gasteiger partial charge is 0.369 e. The van der Waals surface area contributed by atoms with E-state index in [4.69, 9.17) is 5.73 Å². The number of imidazole rings is 1. The number of benzene rings is 1. The number of anilines is 1. The SMILES string of the molecule is Cc1cc(F)ccc1CCn1c(N)nc2c(C)nn(C)c21. The third-order valence-electron chi connectivity index (χ3n) is 3.83. The van der Waals surface area contributed by atoms with Crippen molar-refractivity contribution in [3.8, 4) is 0 Å². The van der Waals surface area contributed by atoms with Crippen molar-refractivity contribution < 1.29 is 4.39 Å². The molecule has 0 atom stereocenters. The molecule has 0 saturated heterocycles. The van der Waals surface area contributed by atoms with Crippen molar-refractivity contribution in [3.05, 3.63) is 40.8 Å². The fourth-order valence-corrected chi connectivity index (χ4v) is 2.74. The molecule has 0 aliphatic carbocycles. The molecule has 0 aliphatic heterocycles. The summed E-state index contributed by atoms with van der Waals surface area (Å²) in [6.07, 6.45) is 0.770. The van der Waals surface area contributed by atoms with Crippen LogP contribution in [-0.4, -0.2) is 19.3 Å². The van der Waals surface area contributed by atoms with E-state index in [9.17, 15) is 4.39 Å². The smallest absolute Gasteiger partial charge is 0.202 e. The molecule has 0 radical (unpaired) electrons. The lowest BCUT2D eigenvalue weighted by Crippen LogP contribution is -2.09. The quantitative estimate of drug-likeness (QED) is 0.804. The molecule has 5 nitrogen and oxygen atoms in total. The van der Waals surface area contributed by atoms with Crippen LogP contribution in [0, 0.1) is 19.7 Å². The lowest BCUT2D eigenvalue weighted by atomic mass is 10.1. The van der Waals surface area contributed by atoms with Crippen LogP contribution in [0.25, 0.3) is 11.2 Å². The fourth-order valence-electron chi connectivity index (χ4n) is 2.74. The van der Waals surface area contributed by atoms with Gasteiger partial charge in [-0.15, -0.1) is 0 Å². The van der Waals surface area contributed by atoms with Gasteiger partial charge >= 0.3 is 0 Å². The normalized spacial score (nSPS) is 11.4. The summed E-state index contributed by atoms with van der Waals surface area (Å²) in [6, 6.07) is 4.86.